The molecule has 4 aromatic carbocycles. The van der Waals surface area contributed by atoms with E-state index in [0.717, 1.165) is 50.2 Å². The molecule has 3 aliphatic heterocycles. The van der Waals surface area contributed by atoms with Crippen LogP contribution in [0.25, 0.3) is 27.6 Å². The Kier molecular flexibility index (Phi) is 5.30. The number of para-hydroxylation sites is 1. The maximum atomic E-state index is 8.41. The number of nitrogens with zero attached hydrogens (tertiary/aromatic N) is 4. The number of rotatable bonds is 4. The molecule has 212 valence electrons. The van der Waals surface area contributed by atoms with Crippen LogP contribution in [0.1, 0.15) is 30.4 Å². The summed E-state index contributed by atoms with van der Waals surface area (Å²) in [4.78, 5) is 4.69. The summed E-state index contributed by atoms with van der Waals surface area (Å²) in [5, 5.41) is 2.21. The average molecular weight is 734 g/mol. The molecule has 1 saturated heterocycles. The van der Waals surface area contributed by atoms with Crippen molar-refractivity contribution in [2.45, 2.75) is 26.2 Å². The number of benzene rings is 4. The van der Waals surface area contributed by atoms with Crippen LogP contribution >= 0.6 is 0 Å². The van der Waals surface area contributed by atoms with Crippen LogP contribution in [-0.2, 0) is 26.5 Å². The van der Waals surface area contributed by atoms with Crippen LogP contribution in [0.3, 0.4) is 0 Å². The standard InChI is InChI=1S/C36H31N4O.Pt/c1-36(2,3)25-17-18-33-34(20-25)40(23-39(33,4)24-40)27-11-8-13-29(22-27)41-28-12-7-10-26(21-28)38-32-16-6-5-14-30(32)31-15-9-19-37-35(31)38;/h5-20,23H,24H2,1-4H3;/q-1;/t39-,40+;/m0./s1/i4D3;. The molecule has 2 aromatic heterocycles. The molecule has 42 heavy (non-hydrogen) atoms. The van der Waals surface area contributed by atoms with Gasteiger partial charge in [0, 0.05) is 67.4 Å². The third-order valence-electron chi connectivity index (χ3n) is 8.37. The van der Waals surface area contributed by atoms with E-state index in [1.54, 1.807) is 6.20 Å². The molecule has 1 fully saturated rings. The molecule has 3 aliphatic rings. The van der Waals surface area contributed by atoms with Crippen molar-refractivity contribution in [1.29, 1.82) is 0 Å². The minimum absolute atomic E-state index is 0. The van der Waals surface area contributed by atoms with Crippen molar-refractivity contribution < 1.29 is 29.9 Å². The predicted molar refractivity (Wildman–Crippen MR) is 166 cm³/mol. The molecular formula is C36H31N4OPt-. The van der Waals surface area contributed by atoms with E-state index in [2.05, 4.69) is 72.8 Å². The van der Waals surface area contributed by atoms with Gasteiger partial charge in [-0.3, -0.25) is 0 Å². The Morgan fingerprint density at radius 1 is 0.881 bits per heavy atom. The summed E-state index contributed by atoms with van der Waals surface area (Å²) in [5.74, 6) is 1.09. The average Bonchev–Trinajstić information content (AvgIpc) is 3.58. The van der Waals surface area contributed by atoms with E-state index in [-0.39, 0.29) is 31.0 Å². The molecular weight excluding hydrogens is 700 g/mol. The number of pyridine rings is 1. The van der Waals surface area contributed by atoms with E-state index >= 15 is 0 Å². The van der Waals surface area contributed by atoms with Crippen molar-refractivity contribution in [3.8, 4) is 17.2 Å². The van der Waals surface area contributed by atoms with E-state index in [1.807, 2.05) is 67.3 Å². The normalized spacial score (nSPS) is 22.0. The van der Waals surface area contributed by atoms with E-state index in [4.69, 9.17) is 8.85 Å². The fourth-order valence-corrected chi connectivity index (χ4v) is 6.37. The summed E-state index contributed by atoms with van der Waals surface area (Å²) in [6, 6.07) is 37.1. The first kappa shape index (κ1) is 23.8. The van der Waals surface area contributed by atoms with Crippen molar-refractivity contribution in [1.82, 2.24) is 18.5 Å². The zero-order valence-electron chi connectivity index (χ0n) is 26.5. The second kappa shape index (κ2) is 9.37. The molecule has 6 aromatic rings. The molecule has 0 unspecified atom stereocenters. The van der Waals surface area contributed by atoms with Crippen LogP contribution in [0.4, 0.5) is 17.1 Å². The smallest absolute Gasteiger partial charge is 0.179 e. The fraction of sp³-hybridized carbons (Fsp3) is 0.167. The summed E-state index contributed by atoms with van der Waals surface area (Å²) >= 11 is 0. The van der Waals surface area contributed by atoms with Gasteiger partial charge in [-0.25, -0.2) is 4.98 Å². The van der Waals surface area contributed by atoms with E-state index in [9.17, 15) is 0 Å². The van der Waals surface area contributed by atoms with Crippen LogP contribution in [0, 0.1) is 18.8 Å². The quantitative estimate of drug-likeness (QED) is 0.134. The van der Waals surface area contributed by atoms with Crippen LogP contribution in [0.5, 0.6) is 11.5 Å². The molecule has 0 amide bonds. The SMILES string of the molecule is [2H]C([2H])([2H])[N@+]12[CH-][N@+](c3[c-]c(Oc4[c-]c(-n5c6ccccc6c6cccnc65)ccc4)ccc3)(C1)c1cc(C(C)(C)C)ccc12.[Pt]. The molecule has 5 nitrogen and oxygen atoms in total. The number of quaternary nitrogens is 2. The molecule has 2 bridgehead atoms. The van der Waals surface area contributed by atoms with Crippen molar-refractivity contribution in [3.63, 3.8) is 0 Å². The monoisotopic (exact) mass is 733 g/mol. The van der Waals surface area contributed by atoms with Gasteiger partial charge in [-0.15, -0.1) is 30.3 Å². The third-order valence-corrected chi connectivity index (χ3v) is 8.37. The summed E-state index contributed by atoms with van der Waals surface area (Å²) < 4.78 is 33.9. The first-order chi connectivity index (χ1) is 21.0. The summed E-state index contributed by atoms with van der Waals surface area (Å²) in [5.41, 5.74) is 6.46. The van der Waals surface area contributed by atoms with Gasteiger partial charge in [-0.2, -0.15) is 12.1 Å². The van der Waals surface area contributed by atoms with Gasteiger partial charge >= 0.3 is 0 Å². The maximum absolute atomic E-state index is 8.41. The second-order valence-electron chi connectivity index (χ2n) is 12.1. The Labute approximate surface area is 265 Å². The summed E-state index contributed by atoms with van der Waals surface area (Å²) in [7, 11) is 0. The molecule has 0 spiro atoms. The van der Waals surface area contributed by atoms with Crippen molar-refractivity contribution in [3.05, 3.63) is 122 Å². The van der Waals surface area contributed by atoms with E-state index < -0.39 is 6.98 Å². The molecule has 5 heterocycles. The van der Waals surface area contributed by atoms with Crippen molar-refractivity contribution in [2.24, 2.45) is 0 Å². The maximum Gasteiger partial charge on any atom is 0.179 e. The Balaban J connectivity index is 0.00000325. The minimum atomic E-state index is -2.21. The van der Waals surface area contributed by atoms with Gasteiger partial charge in [0.2, 0.25) is 0 Å². The van der Waals surface area contributed by atoms with Gasteiger partial charge in [0.25, 0.3) is 0 Å². The largest absolute Gasteiger partial charge is 0.509 e. The zero-order chi connectivity index (χ0) is 30.5. The van der Waals surface area contributed by atoms with Crippen LogP contribution in [0.2, 0.25) is 0 Å². The first-order valence-electron chi connectivity index (χ1n) is 15.4. The Bertz CT molecular complexity index is 2050. The van der Waals surface area contributed by atoms with E-state index in [0.29, 0.717) is 22.7 Å². The number of fused-ring (bicyclic) bond motifs is 3. The van der Waals surface area contributed by atoms with Crippen molar-refractivity contribution in [2.75, 3.05) is 13.6 Å². The summed E-state index contributed by atoms with van der Waals surface area (Å²) in [6.07, 6.45) is 1.80. The van der Waals surface area contributed by atoms with Gasteiger partial charge < -0.3 is 18.3 Å². The molecule has 2 atom stereocenters. The van der Waals surface area contributed by atoms with Crippen LogP contribution in [0.15, 0.2) is 97.2 Å². The molecule has 0 N–H and O–H groups in total. The molecule has 0 saturated carbocycles. The molecule has 6 heteroatoms. The van der Waals surface area contributed by atoms with Gasteiger partial charge in [0.05, 0.1) is 23.3 Å². The number of ether oxygens (including phenoxy) is 1. The predicted octanol–water partition coefficient (Wildman–Crippen LogP) is 8.55. The topological polar surface area (TPSA) is 27.1 Å². The Hall–Kier alpha value is -3.76. The van der Waals surface area contributed by atoms with E-state index in [1.165, 1.54) is 0 Å². The minimum Gasteiger partial charge on any atom is -0.509 e. The van der Waals surface area contributed by atoms with Gasteiger partial charge in [0.15, 0.2) is 18.0 Å². The Morgan fingerprint density at radius 3 is 2.45 bits per heavy atom. The molecule has 0 aliphatic carbocycles. The van der Waals surface area contributed by atoms with Gasteiger partial charge in [-0.05, 0) is 29.2 Å². The number of aromatic nitrogens is 2. The number of hydrogen-bond donors (Lipinski definition) is 0. The number of hydrogen-bond acceptors (Lipinski definition) is 2. The van der Waals surface area contributed by atoms with Crippen LogP contribution in [-0.4, -0.2) is 23.2 Å². The van der Waals surface area contributed by atoms with Crippen LogP contribution < -0.4 is 13.7 Å². The Morgan fingerprint density at radius 2 is 1.64 bits per heavy atom. The molecule has 9 rings (SSSR count). The van der Waals surface area contributed by atoms with Gasteiger partial charge in [-0.1, -0.05) is 56.8 Å². The third kappa shape index (κ3) is 3.91. The van der Waals surface area contributed by atoms with Gasteiger partial charge in [0.1, 0.15) is 5.65 Å². The second-order valence-corrected chi connectivity index (χ2v) is 12.1. The summed E-state index contributed by atoms with van der Waals surface area (Å²) in [6.45, 7) is 6.61. The fourth-order valence-electron chi connectivity index (χ4n) is 6.37. The van der Waals surface area contributed by atoms with Crippen molar-refractivity contribution >= 4 is 39.0 Å². The zero-order valence-corrected chi connectivity index (χ0v) is 25.8. The first-order valence-corrected chi connectivity index (χ1v) is 13.9. The molecule has 0 radical (unpaired) electrons.